The van der Waals surface area contributed by atoms with Gasteiger partial charge in [0.05, 0.1) is 23.6 Å². The van der Waals surface area contributed by atoms with E-state index in [-0.39, 0.29) is 24.1 Å². The highest BCUT2D eigenvalue weighted by Crippen LogP contribution is 2.53. The monoisotopic (exact) mass is 413 g/mol. The molecule has 0 aromatic heterocycles. The Morgan fingerprint density at radius 1 is 1.28 bits per heavy atom. The molecule has 7 heteroatoms. The van der Waals surface area contributed by atoms with Crippen LogP contribution >= 0.6 is 11.6 Å². The Kier molecular flexibility index (Phi) is 4.22. The second-order valence-corrected chi connectivity index (χ2v) is 7.92. The summed E-state index contributed by atoms with van der Waals surface area (Å²) >= 11 is 5.88. The predicted molar refractivity (Wildman–Crippen MR) is 104 cm³/mol. The smallest absolute Gasteiger partial charge is 0.313 e. The number of hydrogen-bond donors (Lipinski definition) is 0. The van der Waals surface area contributed by atoms with E-state index >= 15 is 0 Å². The average molecular weight is 414 g/mol. The summed E-state index contributed by atoms with van der Waals surface area (Å²) in [5.74, 6) is -2.65. The minimum atomic E-state index is -0.876. The van der Waals surface area contributed by atoms with Gasteiger partial charge in [0.15, 0.2) is 0 Å². The largest absolute Gasteiger partial charge is 0.460 e. The molecular formula is C22H17ClFNO4. The summed E-state index contributed by atoms with van der Waals surface area (Å²) in [7, 11) is 0. The maximum Gasteiger partial charge on any atom is 0.313 e. The molecule has 4 atom stereocenters. The lowest BCUT2D eigenvalue weighted by molar-refractivity contribution is -0.153. The maximum atomic E-state index is 13.5. The van der Waals surface area contributed by atoms with Crippen molar-refractivity contribution < 1.29 is 23.5 Å². The molecule has 0 N–H and O–H groups in total. The van der Waals surface area contributed by atoms with Crippen LogP contribution in [0.15, 0.2) is 60.7 Å². The van der Waals surface area contributed by atoms with E-state index in [0.717, 1.165) is 5.56 Å². The molecule has 0 aliphatic carbocycles. The number of esters is 1. The van der Waals surface area contributed by atoms with Crippen LogP contribution in [0, 0.1) is 17.7 Å². The minimum absolute atomic E-state index is 0.0653. The summed E-state index contributed by atoms with van der Waals surface area (Å²) in [5.41, 5.74) is 0.469. The molecule has 2 fully saturated rings. The van der Waals surface area contributed by atoms with Crippen LogP contribution in [0.25, 0.3) is 0 Å². The van der Waals surface area contributed by atoms with Crippen molar-refractivity contribution in [3.05, 3.63) is 77.1 Å². The van der Waals surface area contributed by atoms with E-state index in [1.54, 1.807) is 0 Å². The Bertz CT molecular complexity index is 1030. The van der Waals surface area contributed by atoms with Gasteiger partial charge in [-0.15, -0.1) is 0 Å². The maximum absolute atomic E-state index is 13.5. The highest BCUT2D eigenvalue weighted by Gasteiger charge is 2.67. The van der Waals surface area contributed by atoms with Gasteiger partial charge in [0.2, 0.25) is 5.91 Å². The number of halogens is 2. The third-order valence-electron chi connectivity index (χ3n) is 5.81. The highest BCUT2D eigenvalue weighted by atomic mass is 35.5. The molecule has 2 saturated heterocycles. The van der Waals surface area contributed by atoms with Gasteiger partial charge in [-0.1, -0.05) is 54.1 Å². The van der Waals surface area contributed by atoms with Crippen LogP contribution in [-0.2, 0) is 25.7 Å². The highest BCUT2D eigenvalue weighted by molar-refractivity contribution is 6.31. The van der Waals surface area contributed by atoms with E-state index in [9.17, 15) is 14.0 Å². The van der Waals surface area contributed by atoms with Crippen molar-refractivity contribution in [3.8, 4) is 0 Å². The summed E-state index contributed by atoms with van der Waals surface area (Å²) in [6.07, 6.45) is 3.19. The minimum Gasteiger partial charge on any atom is -0.460 e. The number of ether oxygens (including phenoxy) is 2. The molecular weight excluding hydrogens is 397 g/mol. The second kappa shape index (κ2) is 6.68. The van der Waals surface area contributed by atoms with Gasteiger partial charge in [-0.2, -0.15) is 0 Å². The van der Waals surface area contributed by atoms with E-state index in [1.807, 2.05) is 42.5 Å². The lowest BCUT2D eigenvalue weighted by atomic mass is 9.77. The Balaban J connectivity index is 1.39. The fourth-order valence-electron chi connectivity index (χ4n) is 4.46. The summed E-state index contributed by atoms with van der Waals surface area (Å²) in [5, 5.41) is -0.0653. The molecule has 0 radical (unpaired) electrons. The first kappa shape index (κ1) is 18.3. The number of amides is 1. The molecule has 1 spiro atoms. The first-order chi connectivity index (χ1) is 14.0. The van der Waals surface area contributed by atoms with Crippen LogP contribution in [0.2, 0.25) is 5.02 Å². The van der Waals surface area contributed by atoms with Crippen molar-refractivity contribution in [2.45, 2.75) is 18.3 Å². The molecule has 1 amide bonds. The normalized spacial score (nSPS) is 29.4. The van der Waals surface area contributed by atoms with Gasteiger partial charge in [-0.3, -0.25) is 9.59 Å². The van der Waals surface area contributed by atoms with Gasteiger partial charge in [0.1, 0.15) is 23.9 Å². The van der Waals surface area contributed by atoms with Crippen LogP contribution in [0.5, 0.6) is 0 Å². The van der Waals surface area contributed by atoms with Gasteiger partial charge in [0, 0.05) is 5.69 Å². The number of nitrogens with zero attached hydrogens (tertiary/aromatic N) is 1. The number of carbonyl (C=O) groups is 2. The van der Waals surface area contributed by atoms with Gasteiger partial charge in [-0.25, -0.2) is 4.39 Å². The second-order valence-electron chi connectivity index (χ2n) is 7.52. The van der Waals surface area contributed by atoms with Crippen LogP contribution < -0.4 is 4.90 Å². The standard InChI is InChI=1S/C22H17ClFNO4/c23-15-10-14(6-7-16(15)24)25-12-22-9-8-17(29-22)18(19(22)20(25)26)21(27)28-11-13-4-2-1-3-5-13/h1-10,17-19H,11-12H2/t17-,18+,19-,22+/m1/s1. The van der Waals surface area contributed by atoms with Gasteiger partial charge < -0.3 is 14.4 Å². The third-order valence-corrected chi connectivity index (χ3v) is 6.10. The van der Waals surface area contributed by atoms with Gasteiger partial charge in [-0.05, 0) is 23.8 Å². The zero-order chi connectivity index (χ0) is 20.2. The third kappa shape index (κ3) is 2.86. The molecule has 5 rings (SSSR count). The van der Waals surface area contributed by atoms with Gasteiger partial charge in [0.25, 0.3) is 0 Å². The molecule has 148 valence electrons. The molecule has 2 aromatic rings. The number of hydrogen-bond acceptors (Lipinski definition) is 4. The lowest BCUT2D eigenvalue weighted by Gasteiger charge is -2.22. The van der Waals surface area contributed by atoms with Crippen LogP contribution in [-0.4, -0.2) is 30.1 Å². The number of anilines is 1. The molecule has 3 heterocycles. The lowest BCUT2D eigenvalue weighted by Crippen LogP contribution is -2.40. The summed E-state index contributed by atoms with van der Waals surface area (Å²) in [4.78, 5) is 27.6. The molecule has 3 aliphatic heterocycles. The Hall–Kier alpha value is -2.70. The van der Waals surface area contributed by atoms with Crippen molar-refractivity contribution in [2.24, 2.45) is 11.8 Å². The van der Waals surface area contributed by atoms with E-state index in [2.05, 4.69) is 0 Å². The average Bonchev–Trinajstić information content (AvgIpc) is 3.37. The number of benzene rings is 2. The van der Waals surface area contributed by atoms with E-state index in [0.29, 0.717) is 5.69 Å². The molecule has 5 nitrogen and oxygen atoms in total. The first-order valence-electron chi connectivity index (χ1n) is 9.33. The van der Waals surface area contributed by atoms with Crippen molar-refractivity contribution in [1.82, 2.24) is 0 Å². The van der Waals surface area contributed by atoms with Crippen LogP contribution in [0.4, 0.5) is 10.1 Å². The Labute approximate surface area is 171 Å². The molecule has 2 aromatic carbocycles. The summed E-state index contributed by atoms with van der Waals surface area (Å²) < 4.78 is 25.1. The molecule has 29 heavy (non-hydrogen) atoms. The van der Waals surface area contributed by atoms with Crippen LogP contribution in [0.1, 0.15) is 5.56 Å². The molecule has 3 aliphatic rings. The van der Waals surface area contributed by atoms with Gasteiger partial charge >= 0.3 is 5.97 Å². The fraction of sp³-hybridized carbons (Fsp3) is 0.273. The molecule has 0 saturated carbocycles. The zero-order valence-electron chi connectivity index (χ0n) is 15.3. The SMILES string of the molecule is O=C(OCc1ccccc1)[C@H]1[C@H]2C=C[C@@]3(CN(c4ccc(F)c(Cl)c4)C(=O)[C@@H]13)O2. The van der Waals surface area contributed by atoms with Crippen molar-refractivity contribution in [1.29, 1.82) is 0 Å². The van der Waals surface area contributed by atoms with E-state index in [1.165, 1.54) is 23.1 Å². The summed E-state index contributed by atoms with van der Waals surface area (Å²) in [6, 6.07) is 13.5. The topological polar surface area (TPSA) is 55.8 Å². The number of fused-ring (bicyclic) bond motifs is 1. The fourth-order valence-corrected chi connectivity index (χ4v) is 4.64. The zero-order valence-corrected chi connectivity index (χ0v) is 16.0. The van der Waals surface area contributed by atoms with Crippen molar-refractivity contribution >= 4 is 29.2 Å². The Morgan fingerprint density at radius 3 is 2.83 bits per heavy atom. The van der Waals surface area contributed by atoms with E-state index < -0.39 is 35.3 Å². The number of rotatable bonds is 4. The molecule has 0 unspecified atom stereocenters. The Morgan fingerprint density at radius 2 is 2.07 bits per heavy atom. The van der Waals surface area contributed by atoms with Crippen molar-refractivity contribution in [3.63, 3.8) is 0 Å². The summed E-state index contributed by atoms with van der Waals surface area (Å²) in [6.45, 7) is 0.381. The van der Waals surface area contributed by atoms with Crippen molar-refractivity contribution in [2.75, 3.05) is 11.4 Å². The first-order valence-corrected chi connectivity index (χ1v) is 9.70. The van der Waals surface area contributed by atoms with Crippen LogP contribution in [0.3, 0.4) is 0 Å². The molecule has 2 bridgehead atoms. The quantitative estimate of drug-likeness (QED) is 0.568. The number of carbonyl (C=O) groups excluding carboxylic acids is 2. The van der Waals surface area contributed by atoms with E-state index in [4.69, 9.17) is 21.1 Å². The predicted octanol–water partition coefficient (Wildman–Crippen LogP) is 3.51.